The molecule has 0 radical (unpaired) electrons. The van der Waals surface area contributed by atoms with Crippen LogP contribution in [0.1, 0.15) is 11.1 Å². The second-order valence-electron chi connectivity index (χ2n) is 3.49. The van der Waals surface area contributed by atoms with Crippen molar-refractivity contribution in [2.45, 2.75) is 12.8 Å². The zero-order chi connectivity index (χ0) is 10.7. The summed E-state index contributed by atoms with van der Waals surface area (Å²) in [6, 6.07) is 1.99. The maximum atomic E-state index is 5.95. The molecule has 0 saturated heterocycles. The molecule has 15 heavy (non-hydrogen) atoms. The number of pyridine rings is 1. The number of aromatic nitrogens is 1. The Kier molecular flexibility index (Phi) is 3.07. The van der Waals surface area contributed by atoms with Crippen molar-refractivity contribution in [2.75, 3.05) is 11.4 Å². The lowest BCUT2D eigenvalue weighted by molar-refractivity contribution is 1.00. The fourth-order valence-electron chi connectivity index (χ4n) is 1.61. The van der Waals surface area contributed by atoms with Gasteiger partial charge in [0.1, 0.15) is 5.82 Å². The first-order chi connectivity index (χ1) is 7.33. The van der Waals surface area contributed by atoms with Crippen LogP contribution in [0.4, 0.5) is 5.82 Å². The number of anilines is 1. The van der Waals surface area contributed by atoms with E-state index in [1.165, 1.54) is 5.56 Å². The van der Waals surface area contributed by atoms with Crippen molar-refractivity contribution in [3.63, 3.8) is 0 Å². The number of hydrogen-bond donors (Lipinski definition) is 0. The summed E-state index contributed by atoms with van der Waals surface area (Å²) in [6.07, 6.45) is 9.99. The molecule has 0 bridgehead atoms. The lowest BCUT2D eigenvalue weighted by Crippen LogP contribution is -2.20. The molecule has 0 aliphatic carbocycles. The van der Waals surface area contributed by atoms with Gasteiger partial charge in [0, 0.05) is 24.5 Å². The summed E-state index contributed by atoms with van der Waals surface area (Å²) in [7, 11) is 0. The number of allylic oxidation sites excluding steroid dienone is 2. The van der Waals surface area contributed by atoms with Gasteiger partial charge in [-0.25, -0.2) is 4.98 Å². The van der Waals surface area contributed by atoms with E-state index in [1.54, 1.807) is 0 Å². The Labute approximate surface area is 94.9 Å². The van der Waals surface area contributed by atoms with E-state index in [-0.39, 0.29) is 0 Å². The van der Waals surface area contributed by atoms with Crippen molar-refractivity contribution in [3.8, 4) is 0 Å². The zero-order valence-electron chi connectivity index (χ0n) is 8.65. The lowest BCUT2D eigenvalue weighted by atomic mass is 10.1. The number of aryl methyl sites for hydroxylation is 1. The van der Waals surface area contributed by atoms with Crippen molar-refractivity contribution in [2.24, 2.45) is 0 Å². The normalized spacial score (nSPS) is 14.7. The number of alkyl halides is 1. The molecular formula is C12H13ClN2. The smallest absolute Gasteiger partial charge is 0.137 e. The molecule has 0 fully saturated rings. The van der Waals surface area contributed by atoms with Crippen LogP contribution in [-0.4, -0.2) is 11.5 Å². The Balaban J connectivity index is 2.39. The van der Waals surface area contributed by atoms with Gasteiger partial charge in [-0.15, -0.1) is 11.6 Å². The average Bonchev–Trinajstić information content (AvgIpc) is 2.30. The molecule has 2 rings (SSSR count). The Bertz CT molecular complexity index is 410. The van der Waals surface area contributed by atoms with E-state index in [0.717, 1.165) is 17.9 Å². The highest BCUT2D eigenvalue weighted by Gasteiger charge is 2.11. The first kappa shape index (κ1) is 10.2. The van der Waals surface area contributed by atoms with Gasteiger partial charge in [0.2, 0.25) is 0 Å². The number of nitrogens with zero attached hydrogens (tertiary/aromatic N) is 2. The molecule has 1 aromatic heterocycles. The maximum Gasteiger partial charge on any atom is 0.137 e. The summed E-state index contributed by atoms with van der Waals surface area (Å²) < 4.78 is 0. The van der Waals surface area contributed by atoms with E-state index in [0.29, 0.717) is 5.88 Å². The van der Waals surface area contributed by atoms with E-state index in [2.05, 4.69) is 22.9 Å². The van der Waals surface area contributed by atoms with Gasteiger partial charge in [0.05, 0.1) is 5.88 Å². The molecule has 1 aromatic rings. The van der Waals surface area contributed by atoms with Gasteiger partial charge in [-0.2, -0.15) is 0 Å². The molecule has 0 amide bonds. The van der Waals surface area contributed by atoms with Crippen LogP contribution < -0.4 is 4.90 Å². The molecule has 78 valence electrons. The number of halogens is 1. The van der Waals surface area contributed by atoms with Gasteiger partial charge in [-0.3, -0.25) is 0 Å². The van der Waals surface area contributed by atoms with Crippen molar-refractivity contribution >= 4 is 17.4 Å². The third kappa shape index (κ3) is 2.05. The summed E-state index contributed by atoms with van der Waals surface area (Å²) in [5.41, 5.74) is 2.30. The highest BCUT2D eigenvalue weighted by Crippen LogP contribution is 2.23. The zero-order valence-corrected chi connectivity index (χ0v) is 9.41. The largest absolute Gasteiger partial charge is 0.329 e. The summed E-state index contributed by atoms with van der Waals surface area (Å²) in [5.74, 6) is 1.47. The van der Waals surface area contributed by atoms with E-state index in [9.17, 15) is 0 Å². The molecule has 0 unspecified atom stereocenters. The monoisotopic (exact) mass is 220 g/mol. The number of hydrogen-bond acceptors (Lipinski definition) is 2. The highest BCUT2D eigenvalue weighted by molar-refractivity contribution is 6.17. The molecule has 1 aliphatic heterocycles. The van der Waals surface area contributed by atoms with Gasteiger partial charge in [-0.05, 0) is 24.6 Å². The first-order valence-electron chi connectivity index (χ1n) is 4.93. The molecule has 3 heteroatoms. The quantitative estimate of drug-likeness (QED) is 0.713. The van der Waals surface area contributed by atoms with Crippen LogP contribution in [0.5, 0.6) is 0 Å². The minimum Gasteiger partial charge on any atom is -0.329 e. The van der Waals surface area contributed by atoms with E-state index >= 15 is 0 Å². The number of rotatable bonds is 2. The van der Waals surface area contributed by atoms with Gasteiger partial charge >= 0.3 is 0 Å². The molecule has 0 spiro atoms. The van der Waals surface area contributed by atoms with Gasteiger partial charge in [0.25, 0.3) is 0 Å². The maximum absolute atomic E-state index is 5.95. The van der Waals surface area contributed by atoms with Crippen LogP contribution in [0.25, 0.3) is 0 Å². The molecule has 1 aliphatic rings. The van der Waals surface area contributed by atoms with Gasteiger partial charge in [0.15, 0.2) is 0 Å². The van der Waals surface area contributed by atoms with Crippen LogP contribution in [0.3, 0.4) is 0 Å². The summed E-state index contributed by atoms with van der Waals surface area (Å²) in [6.45, 7) is 2.92. The van der Waals surface area contributed by atoms with Gasteiger partial charge < -0.3 is 4.90 Å². The van der Waals surface area contributed by atoms with Gasteiger partial charge in [-0.1, -0.05) is 12.2 Å². The summed E-state index contributed by atoms with van der Waals surface area (Å²) in [5, 5.41) is 0. The molecular weight excluding hydrogens is 208 g/mol. The van der Waals surface area contributed by atoms with E-state index in [4.69, 9.17) is 11.6 Å². The van der Waals surface area contributed by atoms with Crippen LogP contribution in [0.2, 0.25) is 0 Å². The van der Waals surface area contributed by atoms with Crippen LogP contribution >= 0.6 is 11.6 Å². The van der Waals surface area contributed by atoms with Crippen molar-refractivity contribution in [1.82, 2.24) is 4.98 Å². The molecule has 2 nitrogen and oxygen atoms in total. The predicted octanol–water partition coefficient (Wildman–Crippen LogP) is 3.02. The van der Waals surface area contributed by atoms with E-state index in [1.807, 2.05) is 30.6 Å². The van der Waals surface area contributed by atoms with Crippen molar-refractivity contribution in [1.29, 1.82) is 0 Å². The van der Waals surface area contributed by atoms with Crippen LogP contribution in [0.15, 0.2) is 36.7 Å². The van der Waals surface area contributed by atoms with Crippen LogP contribution in [-0.2, 0) is 5.88 Å². The minimum absolute atomic E-state index is 0.503. The van der Waals surface area contributed by atoms with Crippen molar-refractivity contribution in [3.05, 3.63) is 47.8 Å². The standard InChI is InChI=1S/C12H13ClN2/c1-10-5-6-14-12(11(10)9-13)15-7-3-2-4-8-15/h2-7H,8-9H2,1H3. The Morgan fingerprint density at radius 3 is 3.00 bits per heavy atom. The minimum atomic E-state index is 0.503. The Hall–Kier alpha value is -1.28. The lowest BCUT2D eigenvalue weighted by Gasteiger charge is -2.22. The molecule has 0 aromatic carbocycles. The first-order valence-corrected chi connectivity index (χ1v) is 5.47. The summed E-state index contributed by atoms with van der Waals surface area (Å²) in [4.78, 5) is 6.49. The fourth-order valence-corrected chi connectivity index (χ4v) is 1.94. The summed E-state index contributed by atoms with van der Waals surface area (Å²) >= 11 is 5.95. The third-order valence-corrected chi connectivity index (χ3v) is 2.76. The van der Waals surface area contributed by atoms with Crippen LogP contribution in [0, 0.1) is 6.92 Å². The Morgan fingerprint density at radius 2 is 2.33 bits per heavy atom. The second kappa shape index (κ2) is 4.49. The molecule has 0 saturated carbocycles. The third-order valence-electron chi connectivity index (χ3n) is 2.49. The highest BCUT2D eigenvalue weighted by atomic mass is 35.5. The van der Waals surface area contributed by atoms with Crippen molar-refractivity contribution < 1.29 is 0 Å². The second-order valence-corrected chi connectivity index (χ2v) is 3.75. The average molecular weight is 221 g/mol. The molecule has 0 atom stereocenters. The SMILES string of the molecule is Cc1ccnc(N2C=CC=CC2)c1CCl. The predicted molar refractivity (Wildman–Crippen MR) is 64.2 cm³/mol. The fraction of sp³-hybridized carbons (Fsp3) is 0.250. The topological polar surface area (TPSA) is 16.1 Å². The van der Waals surface area contributed by atoms with E-state index < -0.39 is 0 Å². The molecule has 2 heterocycles. The molecule has 0 N–H and O–H groups in total. The Morgan fingerprint density at radius 1 is 1.47 bits per heavy atom.